The summed E-state index contributed by atoms with van der Waals surface area (Å²) in [4.78, 5) is 17.9. The van der Waals surface area contributed by atoms with E-state index in [1.165, 1.54) is 17.4 Å². The van der Waals surface area contributed by atoms with Crippen LogP contribution in [0.5, 0.6) is 11.5 Å². The van der Waals surface area contributed by atoms with E-state index in [1.807, 2.05) is 56.3 Å². The van der Waals surface area contributed by atoms with Crippen LogP contribution in [0.15, 0.2) is 48.5 Å². The maximum Gasteiger partial charge on any atom is 0.250 e. The summed E-state index contributed by atoms with van der Waals surface area (Å²) in [6, 6.07) is 13.0. The first-order valence-electron chi connectivity index (χ1n) is 9.03. The van der Waals surface area contributed by atoms with Gasteiger partial charge in [0.2, 0.25) is 5.91 Å². The summed E-state index contributed by atoms with van der Waals surface area (Å²) in [6.45, 7) is 4.44. The van der Waals surface area contributed by atoms with E-state index < -0.39 is 0 Å². The van der Waals surface area contributed by atoms with Crippen LogP contribution in [0.1, 0.15) is 17.4 Å². The highest BCUT2D eigenvalue weighted by molar-refractivity contribution is 7.16. The van der Waals surface area contributed by atoms with Crippen molar-refractivity contribution in [3.63, 3.8) is 0 Å². The lowest BCUT2D eigenvalue weighted by molar-refractivity contribution is -0.111. The number of nitrogens with zero attached hydrogens (tertiary/aromatic N) is 1. The number of ether oxygens (including phenoxy) is 2. The molecule has 3 aromatic rings. The summed E-state index contributed by atoms with van der Waals surface area (Å²) in [5.41, 5.74) is 2.63. The first-order valence-corrected chi connectivity index (χ1v) is 10.2. The van der Waals surface area contributed by atoms with Gasteiger partial charge in [-0.3, -0.25) is 10.1 Å². The third-order valence-corrected chi connectivity index (χ3v) is 5.20. The van der Waals surface area contributed by atoms with Gasteiger partial charge in [0.05, 0.1) is 19.4 Å². The molecule has 0 atom stereocenters. The fourth-order valence-electron chi connectivity index (χ4n) is 2.71. The molecule has 7 heteroatoms. The van der Waals surface area contributed by atoms with E-state index >= 15 is 0 Å². The number of hydrogen-bond donors (Lipinski definition) is 1. The highest BCUT2D eigenvalue weighted by Gasteiger charge is 2.11. The summed E-state index contributed by atoms with van der Waals surface area (Å²) in [5.74, 6) is 1.04. The Labute approximate surface area is 179 Å². The molecule has 5 nitrogen and oxygen atoms in total. The molecule has 29 heavy (non-hydrogen) atoms. The lowest BCUT2D eigenvalue weighted by Crippen LogP contribution is -2.07. The van der Waals surface area contributed by atoms with Gasteiger partial charge in [0.15, 0.2) is 16.6 Å². The average molecular weight is 429 g/mol. The van der Waals surface area contributed by atoms with Crippen LogP contribution in [0.25, 0.3) is 17.3 Å². The number of nitrogens with one attached hydrogen (secondary N) is 1. The molecule has 0 bridgehead atoms. The molecule has 0 saturated carbocycles. The maximum absolute atomic E-state index is 12.3. The van der Waals surface area contributed by atoms with Gasteiger partial charge < -0.3 is 9.47 Å². The van der Waals surface area contributed by atoms with Gasteiger partial charge in [-0.2, -0.15) is 0 Å². The molecule has 0 unspecified atom stereocenters. The Hall–Kier alpha value is -2.83. The van der Waals surface area contributed by atoms with E-state index in [2.05, 4.69) is 10.3 Å². The standard InChI is InChI=1S/C22H21ClN2O3S/c1-4-28-18-11-5-15(13-19(18)27-3)6-12-20(26)24-22-25-21(14(2)29-22)16-7-9-17(23)10-8-16/h5-13H,4H2,1-3H3,(H,24,25,26)/b12-6+. The number of halogens is 1. The molecule has 3 rings (SSSR count). The van der Waals surface area contributed by atoms with Gasteiger partial charge in [-0.15, -0.1) is 11.3 Å². The monoisotopic (exact) mass is 428 g/mol. The van der Waals surface area contributed by atoms with Crippen molar-refractivity contribution in [1.82, 2.24) is 4.98 Å². The van der Waals surface area contributed by atoms with Crippen LogP contribution in [-0.4, -0.2) is 24.6 Å². The molecule has 0 aliphatic carbocycles. The van der Waals surface area contributed by atoms with Crippen molar-refractivity contribution < 1.29 is 14.3 Å². The summed E-state index contributed by atoms with van der Waals surface area (Å²) in [6.07, 6.45) is 3.18. The Morgan fingerprint density at radius 2 is 1.97 bits per heavy atom. The Morgan fingerprint density at radius 1 is 1.21 bits per heavy atom. The van der Waals surface area contributed by atoms with Gasteiger partial charge in [-0.05, 0) is 49.8 Å². The number of aromatic nitrogens is 1. The van der Waals surface area contributed by atoms with Crippen molar-refractivity contribution in [2.24, 2.45) is 0 Å². The number of thiazole rings is 1. The number of anilines is 1. The van der Waals surface area contributed by atoms with Crippen molar-refractivity contribution in [3.8, 4) is 22.8 Å². The number of benzene rings is 2. The first-order chi connectivity index (χ1) is 14.0. The molecule has 1 amide bonds. The maximum atomic E-state index is 12.3. The normalized spacial score (nSPS) is 10.9. The van der Waals surface area contributed by atoms with Gasteiger partial charge in [0.25, 0.3) is 0 Å². The van der Waals surface area contributed by atoms with Crippen LogP contribution in [0.3, 0.4) is 0 Å². The second-order valence-corrected chi connectivity index (χ2v) is 7.74. The summed E-state index contributed by atoms with van der Waals surface area (Å²) in [7, 11) is 1.58. The average Bonchev–Trinajstić information content (AvgIpc) is 3.07. The first kappa shape index (κ1) is 20.9. The van der Waals surface area contributed by atoms with E-state index in [0.717, 1.165) is 21.7 Å². The van der Waals surface area contributed by atoms with Gasteiger partial charge >= 0.3 is 0 Å². The zero-order valence-electron chi connectivity index (χ0n) is 16.4. The molecule has 0 spiro atoms. The number of methoxy groups -OCH3 is 1. The molecule has 150 valence electrons. The largest absolute Gasteiger partial charge is 0.493 e. The number of rotatable bonds is 7. The fraction of sp³-hybridized carbons (Fsp3) is 0.182. The smallest absolute Gasteiger partial charge is 0.250 e. The van der Waals surface area contributed by atoms with E-state index in [1.54, 1.807) is 13.2 Å². The van der Waals surface area contributed by atoms with Crippen molar-refractivity contribution in [2.75, 3.05) is 19.0 Å². The Kier molecular flexibility index (Phi) is 6.90. The molecule has 0 fully saturated rings. The Balaban J connectivity index is 1.69. The van der Waals surface area contributed by atoms with E-state index in [-0.39, 0.29) is 5.91 Å². The number of carbonyl (C=O) groups is 1. The second kappa shape index (κ2) is 9.58. The predicted molar refractivity (Wildman–Crippen MR) is 119 cm³/mol. The number of aryl methyl sites for hydroxylation is 1. The van der Waals surface area contributed by atoms with E-state index in [0.29, 0.717) is 28.3 Å². The summed E-state index contributed by atoms with van der Waals surface area (Å²) >= 11 is 7.37. The van der Waals surface area contributed by atoms with Crippen LogP contribution in [0.4, 0.5) is 5.13 Å². The van der Waals surface area contributed by atoms with E-state index in [4.69, 9.17) is 21.1 Å². The lowest BCUT2D eigenvalue weighted by Gasteiger charge is -2.09. The summed E-state index contributed by atoms with van der Waals surface area (Å²) in [5, 5.41) is 4.03. The quantitative estimate of drug-likeness (QED) is 0.481. The molecular formula is C22H21ClN2O3S. The van der Waals surface area contributed by atoms with Crippen LogP contribution in [0, 0.1) is 6.92 Å². The molecule has 0 aliphatic rings. The van der Waals surface area contributed by atoms with Gasteiger partial charge in [-0.25, -0.2) is 4.98 Å². The minimum absolute atomic E-state index is 0.255. The van der Waals surface area contributed by atoms with Gasteiger partial charge in [0.1, 0.15) is 0 Å². The molecule has 0 saturated heterocycles. The minimum atomic E-state index is -0.255. The fourth-order valence-corrected chi connectivity index (χ4v) is 3.67. The van der Waals surface area contributed by atoms with E-state index in [9.17, 15) is 4.79 Å². The zero-order valence-corrected chi connectivity index (χ0v) is 17.9. The molecule has 1 aromatic heterocycles. The highest BCUT2D eigenvalue weighted by atomic mass is 35.5. The lowest BCUT2D eigenvalue weighted by atomic mass is 10.1. The van der Waals surface area contributed by atoms with Crippen molar-refractivity contribution in [3.05, 3.63) is 64.0 Å². The van der Waals surface area contributed by atoms with Crippen LogP contribution in [0.2, 0.25) is 5.02 Å². The van der Waals surface area contributed by atoms with Crippen molar-refractivity contribution in [2.45, 2.75) is 13.8 Å². The van der Waals surface area contributed by atoms with Crippen molar-refractivity contribution >= 4 is 40.1 Å². The number of amides is 1. The van der Waals surface area contributed by atoms with Crippen LogP contribution >= 0.6 is 22.9 Å². The Morgan fingerprint density at radius 3 is 2.66 bits per heavy atom. The topological polar surface area (TPSA) is 60.5 Å². The third kappa shape index (κ3) is 5.37. The molecule has 0 aliphatic heterocycles. The second-order valence-electron chi connectivity index (χ2n) is 6.10. The molecular weight excluding hydrogens is 408 g/mol. The highest BCUT2D eigenvalue weighted by Crippen LogP contribution is 2.31. The van der Waals surface area contributed by atoms with Crippen molar-refractivity contribution in [1.29, 1.82) is 0 Å². The number of carbonyl (C=O) groups excluding carboxylic acids is 1. The van der Waals surface area contributed by atoms with Crippen LogP contribution < -0.4 is 14.8 Å². The molecule has 1 heterocycles. The number of hydrogen-bond acceptors (Lipinski definition) is 5. The molecule has 2 aromatic carbocycles. The van der Waals surface area contributed by atoms with Crippen LogP contribution in [-0.2, 0) is 4.79 Å². The SMILES string of the molecule is CCOc1ccc(/C=C/C(=O)Nc2nc(-c3ccc(Cl)cc3)c(C)s2)cc1OC. The predicted octanol–water partition coefficient (Wildman–Crippen LogP) is 5.83. The zero-order chi connectivity index (χ0) is 20.8. The Bertz CT molecular complexity index is 1030. The minimum Gasteiger partial charge on any atom is -0.493 e. The molecule has 1 N–H and O–H groups in total. The van der Waals surface area contributed by atoms with Gasteiger partial charge in [0, 0.05) is 21.5 Å². The van der Waals surface area contributed by atoms with Gasteiger partial charge in [-0.1, -0.05) is 29.8 Å². The third-order valence-electron chi connectivity index (χ3n) is 4.06. The summed E-state index contributed by atoms with van der Waals surface area (Å²) < 4.78 is 10.8. The molecule has 0 radical (unpaired) electrons.